The Morgan fingerprint density at radius 2 is 1.11 bits per heavy atom. The highest BCUT2D eigenvalue weighted by Gasteiger charge is 2.25. The van der Waals surface area contributed by atoms with Gasteiger partial charge in [-0.25, -0.2) is 4.79 Å². The average molecular weight is 872 g/mol. The fourth-order valence-electron chi connectivity index (χ4n) is 6.49. The summed E-state index contributed by atoms with van der Waals surface area (Å²) in [6.45, 7) is 1.30. The minimum atomic E-state index is -1.50. The first-order valence-electron chi connectivity index (χ1n) is 19.4. The van der Waals surface area contributed by atoms with Gasteiger partial charge in [-0.3, -0.25) is 34.1 Å². The Labute approximate surface area is 360 Å². The van der Waals surface area contributed by atoms with Gasteiger partial charge in [-0.15, -0.1) is 0 Å². The minimum absolute atomic E-state index is 0.0197. The molecule has 63 heavy (non-hydrogen) atoms. The maximum atomic E-state index is 13.3. The molecule has 0 spiro atoms. The molecule has 0 atom stereocenters. The van der Waals surface area contributed by atoms with Gasteiger partial charge >= 0.3 is 5.97 Å². The molecular weight excluding hydrogens is 823 g/mol. The second-order valence-corrected chi connectivity index (χ2v) is 14.8. The fraction of sp³-hybridized carbons (Fsp3) is 0.317. The second-order valence-electron chi connectivity index (χ2n) is 14.8. The summed E-state index contributed by atoms with van der Waals surface area (Å²) in [6.07, 6.45) is 7.26. The van der Waals surface area contributed by atoms with E-state index in [4.69, 9.17) is 9.47 Å². The lowest BCUT2D eigenvalue weighted by Gasteiger charge is -2.11. The average Bonchev–Trinajstić information content (AvgIpc) is 3.98. The van der Waals surface area contributed by atoms with Gasteiger partial charge in [-0.1, -0.05) is 0 Å². The summed E-state index contributed by atoms with van der Waals surface area (Å²) in [7, 11) is 11.8. The Morgan fingerprint density at radius 3 is 1.52 bits per heavy atom. The number of hydrogen-bond acceptors (Lipinski definition) is 11. The van der Waals surface area contributed by atoms with Crippen molar-refractivity contribution in [1.82, 2.24) is 28.5 Å². The van der Waals surface area contributed by atoms with Crippen LogP contribution in [0.5, 0.6) is 11.5 Å². The summed E-state index contributed by atoms with van der Waals surface area (Å²) in [5.74, 6) is -3.73. The van der Waals surface area contributed by atoms with Gasteiger partial charge in [0.1, 0.15) is 28.3 Å². The van der Waals surface area contributed by atoms with Gasteiger partial charge in [0.05, 0.1) is 47.5 Å². The molecule has 0 aliphatic rings. The topological polar surface area (TPSA) is 267 Å². The number of ether oxygens (including phenoxy) is 2. The number of aromatic carboxylic acids is 1. The third-order valence-electron chi connectivity index (χ3n) is 9.59. The van der Waals surface area contributed by atoms with Crippen LogP contribution in [0.25, 0.3) is 0 Å². The smallest absolute Gasteiger partial charge is 0.342 e. The van der Waals surface area contributed by atoms with E-state index in [1.165, 1.54) is 34.4 Å². The van der Waals surface area contributed by atoms with Crippen LogP contribution in [0, 0.1) is 10.1 Å². The molecule has 0 fully saturated rings. The van der Waals surface area contributed by atoms with Crippen molar-refractivity contribution in [3.05, 3.63) is 99.6 Å². The number of carbonyl (C=O) groups excluding carboxylic acids is 5. The largest absolute Gasteiger partial charge is 0.493 e. The quantitative estimate of drug-likeness (QED) is 0.0370. The predicted molar refractivity (Wildman–Crippen MR) is 231 cm³/mol. The van der Waals surface area contributed by atoms with Gasteiger partial charge in [0.15, 0.2) is 11.5 Å². The van der Waals surface area contributed by atoms with Gasteiger partial charge < -0.3 is 64.3 Å². The number of rotatable bonds is 20. The number of methoxy groups -OCH3 is 1. The highest BCUT2D eigenvalue weighted by atomic mass is 16.6. The van der Waals surface area contributed by atoms with E-state index in [0.717, 1.165) is 25.1 Å². The molecule has 5 rings (SSSR count). The van der Waals surface area contributed by atoms with E-state index in [-0.39, 0.29) is 53.9 Å². The molecule has 6 N–H and O–H groups in total. The molecule has 0 bridgehead atoms. The van der Waals surface area contributed by atoms with Crippen molar-refractivity contribution in [2.45, 2.75) is 19.3 Å². The lowest BCUT2D eigenvalue weighted by molar-refractivity contribution is -0.385. The molecule has 0 aliphatic carbocycles. The zero-order chi connectivity index (χ0) is 46.1. The normalized spacial score (nSPS) is 10.9. The van der Waals surface area contributed by atoms with Crippen LogP contribution < -0.4 is 36.1 Å². The molecule has 1 aromatic carbocycles. The standard InChI is InChI=1S/C41H49N11O11/c1-47(2)12-9-11-42-37(54)30-15-25(21-48(30)3)44-39(56)32-17-27(23-50(32)5)46-40(57)33-16-26(22-51(33)6)45-38(55)31-14-24(20-49(31)4)43-36(53)10-8-13-63-35-19-29(52(60)61)28(41(58)59)18-34(35)62-7/h14-23H,8-13H2,1-7H3,(H,42,54)(H,43,53)(H,44,56)(H,45,55)(H,46,57)(H,58,59). The summed E-state index contributed by atoms with van der Waals surface area (Å²) >= 11 is 0. The first-order valence-corrected chi connectivity index (χ1v) is 19.4. The van der Waals surface area contributed by atoms with Crippen LogP contribution in [0.15, 0.2) is 61.2 Å². The molecule has 5 aromatic rings. The Morgan fingerprint density at radius 1 is 0.667 bits per heavy atom. The highest BCUT2D eigenvalue weighted by Crippen LogP contribution is 2.35. The molecule has 4 aromatic heterocycles. The van der Waals surface area contributed by atoms with Crippen LogP contribution in [0.4, 0.5) is 28.4 Å². The zero-order valence-corrected chi connectivity index (χ0v) is 35.7. The summed E-state index contributed by atoms with van der Waals surface area (Å²) in [5.41, 5.74) is 1.21. The molecule has 5 amide bonds. The number of carboxylic acids is 1. The number of benzene rings is 1. The number of nitrogens with one attached hydrogen (secondary N) is 5. The van der Waals surface area contributed by atoms with Crippen LogP contribution in [-0.4, -0.2) is 110 Å². The number of nitro benzene ring substituents is 1. The van der Waals surface area contributed by atoms with E-state index in [0.29, 0.717) is 35.0 Å². The maximum absolute atomic E-state index is 13.3. The van der Waals surface area contributed by atoms with Crippen LogP contribution >= 0.6 is 0 Å². The van der Waals surface area contributed by atoms with Gasteiger partial charge in [0.25, 0.3) is 29.3 Å². The fourth-order valence-corrected chi connectivity index (χ4v) is 6.49. The number of hydrogen-bond donors (Lipinski definition) is 6. The summed E-state index contributed by atoms with van der Waals surface area (Å²) in [4.78, 5) is 89.2. The summed E-state index contributed by atoms with van der Waals surface area (Å²) in [5, 5.41) is 34.6. The second kappa shape index (κ2) is 20.1. The van der Waals surface area contributed by atoms with E-state index >= 15 is 0 Å². The Bertz CT molecular complexity index is 2560. The van der Waals surface area contributed by atoms with Crippen LogP contribution in [-0.2, 0) is 33.0 Å². The van der Waals surface area contributed by atoms with Gasteiger partial charge in [-0.05, 0) is 57.7 Å². The van der Waals surface area contributed by atoms with E-state index in [2.05, 4.69) is 26.6 Å². The summed E-state index contributed by atoms with van der Waals surface area (Å²) < 4.78 is 16.9. The predicted octanol–water partition coefficient (Wildman–Crippen LogP) is 3.89. The Balaban J connectivity index is 1.12. The number of aryl methyl sites for hydroxylation is 4. The number of carboxylic acid groups (broad SMARTS) is 1. The van der Waals surface area contributed by atoms with Crippen molar-refractivity contribution < 1.29 is 48.3 Å². The van der Waals surface area contributed by atoms with Crippen molar-refractivity contribution in [2.24, 2.45) is 28.2 Å². The zero-order valence-electron chi connectivity index (χ0n) is 35.7. The monoisotopic (exact) mass is 871 g/mol. The first kappa shape index (κ1) is 46.2. The van der Waals surface area contributed by atoms with Crippen LogP contribution in [0.2, 0.25) is 0 Å². The molecule has 0 saturated carbocycles. The number of nitro groups is 1. The number of nitrogens with zero attached hydrogens (tertiary/aromatic N) is 6. The van der Waals surface area contributed by atoms with E-state index < -0.39 is 45.8 Å². The molecule has 334 valence electrons. The van der Waals surface area contributed by atoms with E-state index in [1.807, 2.05) is 19.0 Å². The number of anilines is 4. The first-order chi connectivity index (χ1) is 29.8. The molecule has 22 nitrogen and oxygen atoms in total. The molecule has 0 unspecified atom stereocenters. The minimum Gasteiger partial charge on any atom is -0.493 e. The van der Waals surface area contributed by atoms with Crippen molar-refractivity contribution in [3.8, 4) is 11.5 Å². The van der Waals surface area contributed by atoms with Crippen molar-refractivity contribution in [2.75, 3.05) is 62.2 Å². The molecule has 22 heteroatoms. The third-order valence-corrected chi connectivity index (χ3v) is 9.59. The van der Waals surface area contributed by atoms with E-state index in [9.17, 15) is 44.0 Å². The van der Waals surface area contributed by atoms with Crippen molar-refractivity contribution in [1.29, 1.82) is 0 Å². The Kier molecular flexibility index (Phi) is 14.8. The number of aromatic nitrogens is 4. The van der Waals surface area contributed by atoms with Crippen LogP contribution in [0.3, 0.4) is 0 Å². The third kappa shape index (κ3) is 11.7. The molecule has 0 aliphatic heterocycles. The van der Waals surface area contributed by atoms with Crippen molar-refractivity contribution in [3.63, 3.8) is 0 Å². The number of amides is 5. The van der Waals surface area contributed by atoms with Gasteiger partial charge in [-0.2, -0.15) is 0 Å². The van der Waals surface area contributed by atoms with Crippen LogP contribution in [0.1, 0.15) is 71.6 Å². The maximum Gasteiger partial charge on any atom is 0.342 e. The van der Waals surface area contributed by atoms with E-state index in [1.54, 1.807) is 68.2 Å². The van der Waals surface area contributed by atoms with Crippen molar-refractivity contribution >= 4 is 63.9 Å². The number of carbonyl (C=O) groups is 6. The molecule has 4 heterocycles. The Hall–Kier alpha value is -7.88. The highest BCUT2D eigenvalue weighted by molar-refractivity contribution is 6.09. The molecule has 0 saturated heterocycles. The lowest BCUT2D eigenvalue weighted by Crippen LogP contribution is -2.28. The molecule has 0 radical (unpaired) electrons. The van der Waals surface area contributed by atoms with Gasteiger partial charge in [0, 0.05) is 72.0 Å². The summed E-state index contributed by atoms with van der Waals surface area (Å²) in [6, 6.07) is 8.00. The lowest BCUT2D eigenvalue weighted by atomic mass is 10.1. The van der Waals surface area contributed by atoms with Gasteiger partial charge in [0.2, 0.25) is 5.91 Å². The SMILES string of the molecule is COc1cc(C(=O)O)c([N+](=O)[O-])cc1OCCCC(=O)Nc1cc(C(=O)Nc2cc(C(=O)Nc3cc(C(=O)Nc4cc(C(=O)NCCCN(C)C)n(C)c4)n(C)c3)n(C)c2)n(C)c1. The molecular formula is C41H49N11O11.